The van der Waals surface area contributed by atoms with Gasteiger partial charge < -0.3 is 15.6 Å². The number of nitrogens with two attached hydrogens (primary N) is 1. The maximum absolute atomic E-state index is 13.3. The molecule has 0 bridgehead atoms. The summed E-state index contributed by atoms with van der Waals surface area (Å²) in [4.78, 5) is 16.7. The molecule has 7 heteroatoms. The van der Waals surface area contributed by atoms with Crippen molar-refractivity contribution in [2.75, 3.05) is 5.32 Å². The van der Waals surface area contributed by atoms with Crippen LogP contribution in [0, 0.1) is 19.7 Å². The third-order valence-electron chi connectivity index (χ3n) is 5.04. The molecular weight excluding hydrogens is 399 g/mol. The second kappa shape index (κ2) is 8.12. The molecule has 1 amide bonds. The lowest BCUT2D eigenvalue weighted by atomic mass is 10.2. The zero-order chi connectivity index (χ0) is 21.3. The molecule has 4 aromatic rings. The fraction of sp³-hybridized carbons (Fsp3) is 0.130. The van der Waals surface area contributed by atoms with Gasteiger partial charge in [-0.15, -0.1) is 11.3 Å². The van der Waals surface area contributed by atoms with E-state index >= 15 is 0 Å². The summed E-state index contributed by atoms with van der Waals surface area (Å²) in [6.45, 7) is 4.37. The van der Waals surface area contributed by atoms with Gasteiger partial charge in [0.25, 0.3) is 5.91 Å². The number of thiazole rings is 1. The Morgan fingerprint density at radius 3 is 2.60 bits per heavy atom. The summed E-state index contributed by atoms with van der Waals surface area (Å²) in [7, 11) is 0. The summed E-state index contributed by atoms with van der Waals surface area (Å²) in [5.41, 5.74) is 11.4. The second-order valence-electron chi connectivity index (χ2n) is 7.08. The first-order valence-corrected chi connectivity index (χ1v) is 10.3. The number of hydrogen-bond acceptors (Lipinski definition) is 4. The zero-order valence-corrected chi connectivity index (χ0v) is 17.5. The molecule has 2 aromatic carbocycles. The van der Waals surface area contributed by atoms with E-state index < -0.39 is 5.91 Å². The lowest BCUT2D eigenvalue weighted by Gasteiger charge is -2.11. The number of nitrogens with zero attached hydrogens (tertiary/aromatic N) is 2. The fourth-order valence-corrected chi connectivity index (χ4v) is 4.08. The lowest BCUT2D eigenvalue weighted by Crippen LogP contribution is -2.12. The van der Waals surface area contributed by atoms with E-state index in [4.69, 9.17) is 10.7 Å². The monoisotopic (exact) mass is 420 g/mol. The Bertz CT molecular complexity index is 1210. The number of aryl methyl sites for hydroxylation is 1. The third-order valence-corrected chi connectivity index (χ3v) is 5.80. The maximum Gasteiger partial charge on any atom is 0.250 e. The number of primary amides is 1. The highest BCUT2D eigenvalue weighted by molar-refractivity contribution is 7.14. The Balaban J connectivity index is 1.70. The molecule has 4 rings (SSSR count). The highest BCUT2D eigenvalue weighted by atomic mass is 32.1. The summed E-state index contributed by atoms with van der Waals surface area (Å²) in [6, 6.07) is 16.1. The van der Waals surface area contributed by atoms with Crippen LogP contribution >= 0.6 is 11.3 Å². The molecule has 0 unspecified atom stereocenters. The topological polar surface area (TPSA) is 72.9 Å². The van der Waals surface area contributed by atoms with Gasteiger partial charge in [-0.05, 0) is 49.2 Å². The zero-order valence-electron chi connectivity index (χ0n) is 16.6. The summed E-state index contributed by atoms with van der Waals surface area (Å²) in [5, 5.41) is 6.05. The van der Waals surface area contributed by atoms with Crippen LogP contribution in [0.3, 0.4) is 0 Å². The molecule has 0 saturated carbocycles. The Hall–Kier alpha value is -3.45. The minimum Gasteiger partial charge on any atom is -0.366 e. The third kappa shape index (κ3) is 3.97. The van der Waals surface area contributed by atoms with Crippen molar-refractivity contribution >= 4 is 28.1 Å². The van der Waals surface area contributed by atoms with Crippen molar-refractivity contribution in [3.05, 3.63) is 88.2 Å². The molecule has 2 aromatic heterocycles. The Labute approximate surface area is 178 Å². The van der Waals surface area contributed by atoms with Gasteiger partial charge in [-0.1, -0.05) is 30.3 Å². The highest BCUT2D eigenvalue weighted by Crippen LogP contribution is 2.31. The minimum atomic E-state index is -0.486. The van der Waals surface area contributed by atoms with E-state index in [1.54, 1.807) is 18.2 Å². The Morgan fingerprint density at radius 2 is 1.90 bits per heavy atom. The van der Waals surface area contributed by atoms with Crippen LogP contribution in [0.25, 0.3) is 11.4 Å². The van der Waals surface area contributed by atoms with Crippen LogP contribution < -0.4 is 11.1 Å². The van der Waals surface area contributed by atoms with Gasteiger partial charge in [0.15, 0.2) is 5.13 Å². The SMILES string of the molecule is Cc1ccccc1Nc1nc(-c2cc(C(N)=O)c(C)n2Cc2ccc(F)cc2)cs1. The molecule has 152 valence electrons. The van der Waals surface area contributed by atoms with Crippen molar-refractivity contribution in [1.29, 1.82) is 0 Å². The van der Waals surface area contributed by atoms with Gasteiger partial charge in [0.1, 0.15) is 5.82 Å². The first kappa shape index (κ1) is 19.8. The van der Waals surface area contributed by atoms with Crippen LogP contribution in [0.2, 0.25) is 0 Å². The Kier molecular flexibility index (Phi) is 5.37. The number of amides is 1. The highest BCUT2D eigenvalue weighted by Gasteiger charge is 2.19. The van der Waals surface area contributed by atoms with Gasteiger partial charge in [0.2, 0.25) is 0 Å². The number of benzene rings is 2. The summed E-state index contributed by atoms with van der Waals surface area (Å²) < 4.78 is 15.3. The second-order valence-corrected chi connectivity index (χ2v) is 7.94. The number of hydrogen-bond donors (Lipinski definition) is 2. The molecule has 0 fully saturated rings. The van der Waals surface area contributed by atoms with E-state index in [1.165, 1.54) is 23.5 Å². The van der Waals surface area contributed by atoms with Crippen molar-refractivity contribution in [3.8, 4) is 11.4 Å². The molecule has 30 heavy (non-hydrogen) atoms. The van der Waals surface area contributed by atoms with Crippen LogP contribution in [0.1, 0.15) is 27.2 Å². The van der Waals surface area contributed by atoms with Gasteiger partial charge >= 0.3 is 0 Å². The Morgan fingerprint density at radius 1 is 1.17 bits per heavy atom. The number of anilines is 2. The maximum atomic E-state index is 13.3. The molecule has 2 heterocycles. The van der Waals surface area contributed by atoms with Crippen molar-refractivity contribution in [2.24, 2.45) is 5.73 Å². The largest absolute Gasteiger partial charge is 0.366 e. The van der Waals surface area contributed by atoms with E-state index in [2.05, 4.69) is 5.32 Å². The van der Waals surface area contributed by atoms with Gasteiger partial charge in [-0.25, -0.2) is 9.37 Å². The normalized spacial score (nSPS) is 10.9. The molecule has 0 aliphatic carbocycles. The minimum absolute atomic E-state index is 0.285. The molecule has 0 aliphatic rings. The molecule has 0 atom stereocenters. The molecule has 3 N–H and O–H groups in total. The van der Waals surface area contributed by atoms with Crippen LogP contribution in [0.15, 0.2) is 60.0 Å². The van der Waals surface area contributed by atoms with E-state index in [1.807, 2.05) is 48.1 Å². The van der Waals surface area contributed by atoms with E-state index in [9.17, 15) is 9.18 Å². The molecule has 0 spiro atoms. The molecule has 0 saturated heterocycles. The summed E-state index contributed by atoms with van der Waals surface area (Å²) in [5.74, 6) is -0.771. The first-order valence-electron chi connectivity index (χ1n) is 9.45. The van der Waals surface area contributed by atoms with Crippen LogP contribution in [-0.4, -0.2) is 15.5 Å². The fourth-order valence-electron chi connectivity index (χ4n) is 3.36. The number of para-hydroxylation sites is 1. The van der Waals surface area contributed by atoms with Gasteiger partial charge in [-0.2, -0.15) is 0 Å². The number of carbonyl (C=O) groups excluding carboxylic acids is 1. The molecule has 0 radical (unpaired) electrons. The predicted molar refractivity (Wildman–Crippen MR) is 119 cm³/mol. The van der Waals surface area contributed by atoms with Crippen molar-refractivity contribution in [3.63, 3.8) is 0 Å². The van der Waals surface area contributed by atoms with Crippen LogP contribution in [0.4, 0.5) is 15.2 Å². The van der Waals surface area contributed by atoms with Gasteiger partial charge in [0, 0.05) is 23.3 Å². The van der Waals surface area contributed by atoms with Crippen LogP contribution in [0.5, 0.6) is 0 Å². The predicted octanol–water partition coefficient (Wildman–Crippen LogP) is 5.26. The van der Waals surface area contributed by atoms with Crippen molar-refractivity contribution in [2.45, 2.75) is 20.4 Å². The molecular formula is C23H21FN4OS. The average Bonchev–Trinajstić information content (AvgIpc) is 3.30. The number of carbonyl (C=O) groups is 1. The average molecular weight is 421 g/mol. The molecule has 5 nitrogen and oxygen atoms in total. The number of rotatable bonds is 6. The van der Waals surface area contributed by atoms with E-state index in [0.29, 0.717) is 12.1 Å². The number of nitrogens with one attached hydrogen (secondary N) is 1. The van der Waals surface area contributed by atoms with Crippen LogP contribution in [-0.2, 0) is 6.54 Å². The molecule has 0 aliphatic heterocycles. The van der Waals surface area contributed by atoms with Gasteiger partial charge in [0.05, 0.1) is 17.0 Å². The van der Waals surface area contributed by atoms with Crippen molar-refractivity contribution in [1.82, 2.24) is 9.55 Å². The summed E-state index contributed by atoms with van der Waals surface area (Å²) >= 11 is 1.49. The van der Waals surface area contributed by atoms with Gasteiger partial charge in [-0.3, -0.25) is 4.79 Å². The standard InChI is InChI=1S/C23H21FN4OS/c1-14-5-3-4-6-19(14)26-23-27-20(13-30-23)21-11-18(22(25)29)15(2)28(21)12-16-7-9-17(24)10-8-16/h3-11,13H,12H2,1-2H3,(H2,25,29)(H,26,27). The van der Waals surface area contributed by atoms with Crippen molar-refractivity contribution < 1.29 is 9.18 Å². The smallest absolute Gasteiger partial charge is 0.250 e. The van der Waals surface area contributed by atoms with E-state index in [-0.39, 0.29) is 5.82 Å². The first-order chi connectivity index (χ1) is 14.4. The lowest BCUT2D eigenvalue weighted by molar-refractivity contribution is 0.0999. The van der Waals surface area contributed by atoms with E-state index in [0.717, 1.165) is 39.0 Å². The quantitative estimate of drug-likeness (QED) is 0.447. The number of halogens is 1. The number of aromatic nitrogens is 2. The summed E-state index contributed by atoms with van der Waals surface area (Å²) in [6.07, 6.45) is 0.